The number of benzene rings is 2. The first-order valence-corrected chi connectivity index (χ1v) is 7.33. The molecule has 4 rings (SSSR count). The fraction of sp³-hybridized carbons (Fsp3) is 0. The van der Waals surface area contributed by atoms with E-state index >= 15 is 0 Å². The Hall–Kier alpha value is -2.67. The molecule has 0 unspecified atom stereocenters. The Morgan fingerprint density at radius 1 is 1.00 bits per heavy atom. The van der Waals surface area contributed by atoms with Crippen molar-refractivity contribution in [2.45, 2.75) is 0 Å². The van der Waals surface area contributed by atoms with Crippen LogP contribution in [0.25, 0.3) is 22.3 Å². The Bertz CT molecular complexity index is 1120. The largest absolute Gasteiger partial charge is 0.362 e. The van der Waals surface area contributed by atoms with Crippen LogP contribution in [0.2, 0.25) is 0 Å². The second-order valence-corrected chi connectivity index (χ2v) is 5.72. The van der Waals surface area contributed by atoms with Gasteiger partial charge in [-0.25, -0.2) is 4.79 Å². The Labute approximate surface area is 131 Å². The van der Waals surface area contributed by atoms with Gasteiger partial charge in [0.2, 0.25) is 0 Å². The van der Waals surface area contributed by atoms with Crippen LogP contribution in [0.1, 0.15) is 0 Å². The van der Waals surface area contributed by atoms with Crippen LogP contribution in [0, 0.1) is 0 Å². The molecule has 0 spiro atoms. The topological polar surface area (TPSA) is 71.6 Å². The second kappa shape index (κ2) is 4.67. The molecule has 1 N–H and O–H groups in total. The minimum atomic E-state index is -0.459. The predicted octanol–water partition coefficient (Wildman–Crippen LogP) is 2.06. The van der Waals surface area contributed by atoms with Gasteiger partial charge >= 0.3 is 5.69 Å². The number of para-hydroxylation sites is 2. The molecule has 0 amide bonds. The maximum Gasteiger partial charge on any atom is 0.362 e. The van der Waals surface area contributed by atoms with E-state index in [1.165, 1.54) is 4.52 Å². The number of hydrogen-bond acceptors (Lipinski definition) is 3. The lowest BCUT2D eigenvalue weighted by Gasteiger charge is -2.00. The number of nitrogens with zero attached hydrogens (tertiary/aromatic N) is 3. The van der Waals surface area contributed by atoms with Crippen LogP contribution >= 0.6 is 15.9 Å². The highest BCUT2D eigenvalue weighted by atomic mass is 79.9. The third kappa shape index (κ3) is 1.82. The molecule has 2 aromatic carbocycles. The van der Waals surface area contributed by atoms with Gasteiger partial charge in [0.25, 0.3) is 5.56 Å². The van der Waals surface area contributed by atoms with Crippen molar-refractivity contribution in [3.05, 3.63) is 73.8 Å². The second-order valence-electron chi connectivity index (χ2n) is 4.81. The molecule has 2 aromatic heterocycles. The molecule has 6 nitrogen and oxygen atoms in total. The van der Waals surface area contributed by atoms with Gasteiger partial charge in [0.05, 0.1) is 11.0 Å². The smallest absolute Gasteiger partial charge is 0.303 e. The zero-order valence-corrected chi connectivity index (χ0v) is 12.7. The molecular weight excluding hydrogens is 348 g/mol. The number of fused-ring (bicyclic) bond motifs is 3. The monoisotopic (exact) mass is 356 g/mol. The predicted molar refractivity (Wildman–Crippen MR) is 86.2 cm³/mol. The van der Waals surface area contributed by atoms with E-state index in [1.54, 1.807) is 36.4 Å². The Balaban J connectivity index is 2.15. The highest BCUT2D eigenvalue weighted by Gasteiger charge is 2.15. The molecule has 0 bridgehead atoms. The molecule has 0 aliphatic carbocycles. The van der Waals surface area contributed by atoms with Gasteiger partial charge in [-0.3, -0.25) is 4.79 Å². The first-order chi connectivity index (χ1) is 10.6. The van der Waals surface area contributed by atoms with Crippen molar-refractivity contribution in [1.82, 2.24) is 19.2 Å². The zero-order chi connectivity index (χ0) is 15.3. The standard InChI is InChI=1S/C15H9BrN4O2/c16-10-7-5-9(6-8-10)13-14(21)19-12-4-2-1-3-11(12)17-15(22)20(19)18-13/h1-8H,(H,17,22). The average molecular weight is 357 g/mol. The quantitative estimate of drug-likeness (QED) is 0.567. The zero-order valence-electron chi connectivity index (χ0n) is 11.2. The molecule has 4 aromatic rings. The lowest BCUT2D eigenvalue weighted by molar-refractivity contribution is 0.682. The lowest BCUT2D eigenvalue weighted by atomic mass is 10.2. The number of rotatable bonds is 1. The van der Waals surface area contributed by atoms with Crippen LogP contribution in [0.5, 0.6) is 0 Å². The summed E-state index contributed by atoms with van der Waals surface area (Å²) in [6, 6.07) is 14.3. The van der Waals surface area contributed by atoms with Crippen molar-refractivity contribution < 1.29 is 0 Å². The number of hydrogen-bond donors (Lipinski definition) is 1. The van der Waals surface area contributed by atoms with Gasteiger partial charge in [0.1, 0.15) is 0 Å². The number of aromatic nitrogens is 4. The number of nitrogens with one attached hydrogen (secondary N) is 1. The van der Waals surface area contributed by atoms with Crippen LogP contribution in [0.15, 0.2) is 62.6 Å². The third-order valence-corrected chi connectivity index (χ3v) is 3.98. The first-order valence-electron chi connectivity index (χ1n) is 6.54. The Morgan fingerprint density at radius 3 is 2.50 bits per heavy atom. The van der Waals surface area contributed by atoms with Crippen molar-refractivity contribution in [3.63, 3.8) is 0 Å². The summed E-state index contributed by atoms with van der Waals surface area (Å²) in [5.74, 6) is 0. The molecule has 108 valence electrons. The molecule has 0 aliphatic rings. The maximum absolute atomic E-state index is 12.7. The van der Waals surface area contributed by atoms with E-state index in [4.69, 9.17) is 0 Å². The van der Waals surface area contributed by atoms with Crippen LogP contribution in [-0.4, -0.2) is 19.2 Å². The number of aromatic amines is 1. The summed E-state index contributed by atoms with van der Waals surface area (Å²) in [6.45, 7) is 0. The summed E-state index contributed by atoms with van der Waals surface area (Å²) < 4.78 is 3.25. The highest BCUT2D eigenvalue weighted by molar-refractivity contribution is 9.10. The van der Waals surface area contributed by atoms with E-state index in [1.807, 2.05) is 12.1 Å². The van der Waals surface area contributed by atoms with Gasteiger partial charge in [-0.1, -0.05) is 40.2 Å². The fourth-order valence-corrected chi connectivity index (χ4v) is 2.70. The highest BCUT2D eigenvalue weighted by Crippen LogP contribution is 2.17. The van der Waals surface area contributed by atoms with Gasteiger partial charge < -0.3 is 4.98 Å². The van der Waals surface area contributed by atoms with E-state index in [9.17, 15) is 9.59 Å². The number of halogens is 1. The van der Waals surface area contributed by atoms with E-state index in [2.05, 4.69) is 26.0 Å². The van der Waals surface area contributed by atoms with Gasteiger partial charge in [0, 0.05) is 10.0 Å². The molecular formula is C15H9BrN4O2. The first kappa shape index (κ1) is 13.0. The molecule has 2 heterocycles. The Kier molecular flexibility index (Phi) is 2.77. The van der Waals surface area contributed by atoms with E-state index in [-0.39, 0.29) is 11.3 Å². The van der Waals surface area contributed by atoms with Gasteiger partial charge in [-0.15, -0.1) is 9.73 Å². The lowest BCUT2D eigenvalue weighted by Crippen LogP contribution is -2.26. The molecule has 0 radical (unpaired) electrons. The van der Waals surface area contributed by atoms with Gasteiger partial charge in [-0.2, -0.15) is 4.52 Å². The molecule has 0 aliphatic heterocycles. The minimum absolute atomic E-state index is 0.236. The van der Waals surface area contributed by atoms with Crippen molar-refractivity contribution in [2.24, 2.45) is 0 Å². The molecule has 0 saturated heterocycles. The summed E-state index contributed by atoms with van der Waals surface area (Å²) >= 11 is 3.35. The normalized spacial score (nSPS) is 11.3. The van der Waals surface area contributed by atoms with Crippen molar-refractivity contribution in [1.29, 1.82) is 0 Å². The molecule has 0 saturated carbocycles. The van der Waals surface area contributed by atoms with Crippen molar-refractivity contribution >= 4 is 27.0 Å². The van der Waals surface area contributed by atoms with Crippen molar-refractivity contribution in [3.8, 4) is 11.3 Å². The summed E-state index contributed by atoms with van der Waals surface area (Å²) in [4.78, 5) is 27.5. The van der Waals surface area contributed by atoms with Gasteiger partial charge in [-0.05, 0) is 24.3 Å². The maximum atomic E-state index is 12.7. The van der Waals surface area contributed by atoms with Gasteiger partial charge in [0.15, 0.2) is 5.69 Å². The summed E-state index contributed by atoms with van der Waals surface area (Å²) in [7, 11) is 0. The van der Waals surface area contributed by atoms with Crippen LogP contribution < -0.4 is 11.2 Å². The molecule has 22 heavy (non-hydrogen) atoms. The summed E-state index contributed by atoms with van der Waals surface area (Å²) in [6.07, 6.45) is 0. The van der Waals surface area contributed by atoms with Crippen LogP contribution in [0.3, 0.4) is 0 Å². The SMILES string of the molecule is O=c1[nH]c2ccccc2n2c(=O)c(-c3ccc(Br)cc3)nn12. The van der Waals surface area contributed by atoms with Crippen LogP contribution in [-0.2, 0) is 0 Å². The third-order valence-electron chi connectivity index (χ3n) is 3.45. The molecule has 0 atom stereocenters. The Morgan fingerprint density at radius 2 is 1.73 bits per heavy atom. The summed E-state index contributed by atoms with van der Waals surface area (Å²) in [5, 5.41) is 4.17. The minimum Gasteiger partial charge on any atom is -0.303 e. The molecule has 0 fully saturated rings. The van der Waals surface area contributed by atoms with Crippen molar-refractivity contribution in [2.75, 3.05) is 0 Å². The fourth-order valence-electron chi connectivity index (χ4n) is 2.43. The number of H-pyrrole nitrogens is 1. The van der Waals surface area contributed by atoms with Crippen LogP contribution in [0.4, 0.5) is 0 Å². The van der Waals surface area contributed by atoms with E-state index in [0.29, 0.717) is 16.6 Å². The average Bonchev–Trinajstić information content (AvgIpc) is 2.87. The van der Waals surface area contributed by atoms with E-state index < -0.39 is 5.69 Å². The van der Waals surface area contributed by atoms with E-state index in [0.717, 1.165) is 9.10 Å². The summed E-state index contributed by atoms with van der Waals surface area (Å²) in [5.41, 5.74) is 1.29. The molecule has 7 heteroatoms.